The molecule has 2 aromatic rings. The van der Waals surface area contributed by atoms with E-state index >= 15 is 0 Å². The van der Waals surface area contributed by atoms with Crippen LogP contribution >= 0.6 is 12.2 Å². The Bertz CT molecular complexity index is 762. The van der Waals surface area contributed by atoms with Crippen molar-refractivity contribution in [3.8, 4) is 11.5 Å². The van der Waals surface area contributed by atoms with Crippen molar-refractivity contribution >= 4 is 23.0 Å². The van der Waals surface area contributed by atoms with Crippen LogP contribution in [0.1, 0.15) is 17.0 Å². The minimum atomic E-state index is 0.417. The van der Waals surface area contributed by atoms with Gasteiger partial charge in [0, 0.05) is 18.3 Å². The van der Waals surface area contributed by atoms with Crippen molar-refractivity contribution in [3.63, 3.8) is 0 Å². The van der Waals surface area contributed by atoms with Crippen molar-refractivity contribution in [2.75, 3.05) is 21.3 Å². The van der Waals surface area contributed by atoms with E-state index in [0.717, 1.165) is 17.0 Å². The predicted octanol–water partition coefficient (Wildman–Crippen LogP) is 2.25. The summed E-state index contributed by atoms with van der Waals surface area (Å²) in [6.45, 7) is 1.93. The normalized spacial score (nSPS) is 10.9. The molecule has 0 unspecified atom stereocenters. The topological polar surface area (TPSA) is 67.8 Å². The molecule has 7 heteroatoms. The van der Waals surface area contributed by atoms with E-state index in [4.69, 9.17) is 21.7 Å². The largest absolute Gasteiger partial charge is 0.493 e. The molecule has 2 rings (SSSR count). The lowest BCUT2D eigenvalue weighted by Gasteiger charge is -2.12. The minimum absolute atomic E-state index is 0.417. The zero-order valence-corrected chi connectivity index (χ0v) is 14.9. The fourth-order valence-electron chi connectivity index (χ4n) is 2.09. The van der Waals surface area contributed by atoms with Gasteiger partial charge in [0.25, 0.3) is 0 Å². The number of aromatic nitrogens is 1. The van der Waals surface area contributed by atoms with Crippen molar-refractivity contribution in [2.45, 2.75) is 6.92 Å². The Labute approximate surface area is 146 Å². The van der Waals surface area contributed by atoms with Gasteiger partial charge in [0.1, 0.15) is 5.71 Å². The lowest BCUT2D eigenvalue weighted by Crippen LogP contribution is -2.29. The summed E-state index contributed by atoms with van der Waals surface area (Å²) in [6.07, 6.45) is 0. The van der Waals surface area contributed by atoms with E-state index in [9.17, 15) is 0 Å². The third kappa shape index (κ3) is 4.20. The van der Waals surface area contributed by atoms with E-state index in [1.54, 1.807) is 21.3 Å². The van der Waals surface area contributed by atoms with Crippen LogP contribution in [0.15, 0.2) is 41.5 Å². The van der Waals surface area contributed by atoms with E-state index in [1.165, 1.54) is 0 Å². The van der Waals surface area contributed by atoms with Crippen LogP contribution in [0.4, 0.5) is 0 Å². The summed E-state index contributed by atoms with van der Waals surface area (Å²) in [5.41, 5.74) is 5.92. The van der Waals surface area contributed by atoms with Gasteiger partial charge < -0.3 is 14.8 Å². The Morgan fingerprint density at radius 1 is 1.12 bits per heavy atom. The van der Waals surface area contributed by atoms with E-state index < -0.39 is 0 Å². The molecule has 0 aliphatic rings. The smallest absolute Gasteiger partial charge is 0.186 e. The molecule has 0 amide bonds. The second kappa shape index (κ2) is 8.26. The second-order valence-electron chi connectivity index (χ2n) is 4.89. The number of hydrazone groups is 1. The van der Waals surface area contributed by atoms with Gasteiger partial charge in [-0.25, -0.2) is 0 Å². The molecule has 24 heavy (non-hydrogen) atoms. The van der Waals surface area contributed by atoms with Crippen molar-refractivity contribution in [1.29, 1.82) is 0 Å². The summed E-state index contributed by atoms with van der Waals surface area (Å²) in [5, 5.41) is 7.65. The van der Waals surface area contributed by atoms with Crippen molar-refractivity contribution < 1.29 is 9.47 Å². The summed E-state index contributed by atoms with van der Waals surface area (Å²) >= 11 is 5.09. The van der Waals surface area contributed by atoms with Gasteiger partial charge in [-0.2, -0.15) is 5.10 Å². The molecule has 0 fully saturated rings. The maximum absolute atomic E-state index is 5.37. The van der Waals surface area contributed by atoms with Gasteiger partial charge in [-0.05, 0) is 49.5 Å². The number of rotatable bonds is 5. The van der Waals surface area contributed by atoms with Crippen LogP contribution in [-0.4, -0.2) is 37.1 Å². The van der Waals surface area contributed by atoms with E-state index in [1.807, 2.05) is 43.3 Å². The molecule has 6 nitrogen and oxygen atoms in total. The molecule has 0 bridgehead atoms. The van der Waals surface area contributed by atoms with Crippen LogP contribution in [0.5, 0.6) is 11.5 Å². The first kappa shape index (κ1) is 17.7. The van der Waals surface area contributed by atoms with Crippen molar-refractivity contribution in [2.24, 2.45) is 5.10 Å². The number of pyridine rings is 1. The molecule has 0 spiro atoms. The first-order valence-corrected chi connectivity index (χ1v) is 7.71. The van der Waals surface area contributed by atoms with E-state index in [-0.39, 0.29) is 0 Å². The van der Waals surface area contributed by atoms with Gasteiger partial charge in [-0.1, -0.05) is 6.07 Å². The molecule has 1 aromatic heterocycles. The highest BCUT2D eigenvalue weighted by Gasteiger charge is 2.13. The maximum atomic E-state index is 5.37. The van der Waals surface area contributed by atoms with Gasteiger partial charge in [0.2, 0.25) is 0 Å². The molecule has 0 saturated heterocycles. The number of nitrogens with zero attached hydrogens (tertiary/aromatic N) is 2. The van der Waals surface area contributed by atoms with Crippen LogP contribution < -0.4 is 20.2 Å². The summed E-state index contributed by atoms with van der Waals surface area (Å²) in [7, 11) is 4.92. The first-order chi connectivity index (χ1) is 11.6. The summed E-state index contributed by atoms with van der Waals surface area (Å²) in [6, 6.07) is 11.3. The highest BCUT2D eigenvalue weighted by Crippen LogP contribution is 2.28. The molecule has 0 aliphatic heterocycles. The SMILES string of the molecule is CNC(=S)N/N=C(/c1ccc(OC)c(OC)c1)c1cccc(C)n1. The maximum Gasteiger partial charge on any atom is 0.186 e. The zero-order valence-electron chi connectivity index (χ0n) is 14.1. The number of aryl methyl sites for hydroxylation is 1. The fraction of sp³-hybridized carbons (Fsp3) is 0.235. The standard InChI is InChI=1S/C17H20N4O2S/c1-11-6-5-7-13(19-11)16(20-21-17(24)18-2)12-8-9-14(22-3)15(10-12)23-4/h5-10H,1-4H3,(H2,18,21,24)/b20-16-. The number of nitrogens with one attached hydrogen (secondary N) is 2. The summed E-state index contributed by atoms with van der Waals surface area (Å²) in [4.78, 5) is 4.55. The van der Waals surface area contributed by atoms with Crippen LogP contribution in [0.2, 0.25) is 0 Å². The Hall–Kier alpha value is -2.67. The van der Waals surface area contributed by atoms with Gasteiger partial charge in [0.15, 0.2) is 16.6 Å². The molecule has 0 saturated carbocycles. The predicted molar refractivity (Wildman–Crippen MR) is 99.0 cm³/mol. The fourth-order valence-corrected chi connectivity index (χ4v) is 2.14. The second-order valence-corrected chi connectivity index (χ2v) is 5.29. The lowest BCUT2D eigenvalue weighted by molar-refractivity contribution is 0.355. The number of hydrogen-bond acceptors (Lipinski definition) is 5. The van der Waals surface area contributed by atoms with Gasteiger partial charge >= 0.3 is 0 Å². The Balaban J connectivity index is 2.51. The van der Waals surface area contributed by atoms with Crippen molar-refractivity contribution in [1.82, 2.24) is 15.7 Å². The van der Waals surface area contributed by atoms with Crippen LogP contribution in [0.3, 0.4) is 0 Å². The molecule has 0 radical (unpaired) electrons. The quantitative estimate of drug-likeness (QED) is 0.493. The van der Waals surface area contributed by atoms with Crippen LogP contribution in [0.25, 0.3) is 0 Å². The number of hydrogen-bond donors (Lipinski definition) is 2. The van der Waals surface area contributed by atoms with Crippen LogP contribution in [-0.2, 0) is 0 Å². The Morgan fingerprint density at radius 3 is 2.50 bits per heavy atom. The Kier molecular flexibility index (Phi) is 6.08. The molecule has 0 aliphatic carbocycles. The monoisotopic (exact) mass is 344 g/mol. The minimum Gasteiger partial charge on any atom is -0.493 e. The molecule has 1 aromatic carbocycles. The highest BCUT2D eigenvalue weighted by molar-refractivity contribution is 7.80. The van der Waals surface area contributed by atoms with Crippen molar-refractivity contribution in [3.05, 3.63) is 53.3 Å². The molecule has 1 heterocycles. The van der Waals surface area contributed by atoms with Crippen LogP contribution in [0, 0.1) is 6.92 Å². The third-order valence-corrected chi connectivity index (χ3v) is 3.58. The zero-order chi connectivity index (χ0) is 17.5. The Morgan fingerprint density at radius 2 is 1.88 bits per heavy atom. The molecule has 126 valence electrons. The molecule has 0 atom stereocenters. The van der Waals surface area contributed by atoms with E-state index in [2.05, 4.69) is 20.8 Å². The molecular formula is C17H20N4O2S. The average Bonchev–Trinajstić information content (AvgIpc) is 2.61. The number of ether oxygens (including phenoxy) is 2. The van der Waals surface area contributed by atoms with Gasteiger partial charge in [0.05, 0.1) is 19.9 Å². The summed E-state index contributed by atoms with van der Waals surface area (Å²) in [5.74, 6) is 1.27. The lowest BCUT2D eigenvalue weighted by atomic mass is 10.1. The van der Waals surface area contributed by atoms with E-state index in [0.29, 0.717) is 22.3 Å². The summed E-state index contributed by atoms with van der Waals surface area (Å²) < 4.78 is 10.7. The third-order valence-electron chi connectivity index (χ3n) is 3.28. The average molecular weight is 344 g/mol. The molecule has 2 N–H and O–H groups in total. The van der Waals surface area contributed by atoms with Gasteiger partial charge in [-0.15, -0.1) is 0 Å². The number of thiocarbonyl (C=S) groups is 1. The van der Waals surface area contributed by atoms with Gasteiger partial charge in [-0.3, -0.25) is 10.4 Å². The number of benzene rings is 1. The first-order valence-electron chi connectivity index (χ1n) is 7.31. The highest BCUT2D eigenvalue weighted by atomic mass is 32.1. The molecular weight excluding hydrogens is 324 g/mol. The number of methoxy groups -OCH3 is 2.